The Labute approximate surface area is 126 Å². The molecule has 5 nitrogen and oxygen atoms in total. The van der Waals surface area contributed by atoms with Gasteiger partial charge in [-0.1, -0.05) is 12.1 Å². The summed E-state index contributed by atoms with van der Waals surface area (Å²) >= 11 is 0. The molecule has 1 fully saturated rings. The van der Waals surface area contributed by atoms with E-state index in [1.165, 1.54) is 5.56 Å². The summed E-state index contributed by atoms with van der Waals surface area (Å²) in [5.41, 5.74) is 1.90. The molecule has 1 N–H and O–H groups in total. The number of nitrogens with one attached hydrogen (secondary N) is 1. The van der Waals surface area contributed by atoms with Crippen LogP contribution in [0.3, 0.4) is 0 Å². The Bertz CT molecular complexity index is 441. The minimum atomic E-state index is -0.0579. The van der Waals surface area contributed by atoms with Crippen molar-refractivity contribution in [3.05, 3.63) is 35.4 Å². The fourth-order valence-corrected chi connectivity index (χ4v) is 2.38. The Hall–Kier alpha value is -1.43. The van der Waals surface area contributed by atoms with Crippen LogP contribution in [-0.4, -0.2) is 56.9 Å². The van der Waals surface area contributed by atoms with Gasteiger partial charge in [0.2, 0.25) is 0 Å². The highest BCUT2D eigenvalue weighted by atomic mass is 16.5. The van der Waals surface area contributed by atoms with E-state index in [0.29, 0.717) is 12.2 Å². The summed E-state index contributed by atoms with van der Waals surface area (Å²) in [5.74, 6) is -0.0579. The first-order valence-electron chi connectivity index (χ1n) is 7.38. The Morgan fingerprint density at radius 3 is 2.62 bits per heavy atom. The van der Waals surface area contributed by atoms with Gasteiger partial charge in [0.25, 0.3) is 5.91 Å². The van der Waals surface area contributed by atoms with Crippen LogP contribution in [0.5, 0.6) is 0 Å². The number of hydrogen-bond donors (Lipinski definition) is 1. The van der Waals surface area contributed by atoms with Crippen molar-refractivity contribution in [3.8, 4) is 0 Å². The molecule has 0 unspecified atom stereocenters. The SMILES string of the molecule is COC[C@H](C)NC(=O)c1ccc(CN2CCOCC2)cc1. The molecule has 0 bridgehead atoms. The van der Waals surface area contributed by atoms with Gasteiger partial charge in [0.05, 0.1) is 19.8 Å². The van der Waals surface area contributed by atoms with E-state index in [0.717, 1.165) is 32.8 Å². The quantitative estimate of drug-likeness (QED) is 0.858. The lowest BCUT2D eigenvalue weighted by Crippen LogP contribution is -2.36. The molecular weight excluding hydrogens is 268 g/mol. The van der Waals surface area contributed by atoms with Crippen LogP contribution < -0.4 is 5.32 Å². The van der Waals surface area contributed by atoms with Crippen LogP contribution >= 0.6 is 0 Å². The largest absolute Gasteiger partial charge is 0.383 e. The predicted molar refractivity (Wildman–Crippen MR) is 81.3 cm³/mol. The normalized spacial score (nSPS) is 17.4. The molecule has 5 heteroatoms. The molecule has 1 aromatic carbocycles. The van der Waals surface area contributed by atoms with Crippen molar-refractivity contribution in [2.24, 2.45) is 0 Å². The summed E-state index contributed by atoms with van der Waals surface area (Å²) in [6.07, 6.45) is 0. The third-order valence-electron chi connectivity index (χ3n) is 3.52. The second-order valence-electron chi connectivity index (χ2n) is 5.42. The van der Waals surface area contributed by atoms with Crippen LogP contribution in [0.25, 0.3) is 0 Å². The van der Waals surface area contributed by atoms with Crippen molar-refractivity contribution < 1.29 is 14.3 Å². The van der Waals surface area contributed by atoms with E-state index < -0.39 is 0 Å². The molecule has 116 valence electrons. The van der Waals surface area contributed by atoms with E-state index in [9.17, 15) is 4.79 Å². The molecule has 1 aliphatic heterocycles. The third kappa shape index (κ3) is 5.12. The van der Waals surface area contributed by atoms with Crippen LogP contribution in [0.15, 0.2) is 24.3 Å². The second-order valence-corrected chi connectivity index (χ2v) is 5.42. The molecule has 1 aromatic rings. The smallest absolute Gasteiger partial charge is 0.251 e. The van der Waals surface area contributed by atoms with Gasteiger partial charge in [-0.05, 0) is 24.6 Å². The highest BCUT2D eigenvalue weighted by Gasteiger charge is 2.12. The third-order valence-corrected chi connectivity index (χ3v) is 3.52. The number of methoxy groups -OCH3 is 1. The lowest BCUT2D eigenvalue weighted by molar-refractivity contribution is 0.0342. The first-order chi connectivity index (χ1) is 10.2. The molecule has 0 aliphatic carbocycles. The van der Waals surface area contributed by atoms with Crippen molar-refractivity contribution in [3.63, 3.8) is 0 Å². The Balaban J connectivity index is 1.87. The van der Waals surface area contributed by atoms with Crippen molar-refractivity contribution in [1.29, 1.82) is 0 Å². The number of carbonyl (C=O) groups is 1. The highest BCUT2D eigenvalue weighted by Crippen LogP contribution is 2.09. The van der Waals surface area contributed by atoms with Gasteiger partial charge in [-0.15, -0.1) is 0 Å². The van der Waals surface area contributed by atoms with E-state index >= 15 is 0 Å². The minimum absolute atomic E-state index is 0.00975. The van der Waals surface area contributed by atoms with Gasteiger partial charge in [0.15, 0.2) is 0 Å². The molecule has 0 saturated carbocycles. The summed E-state index contributed by atoms with van der Waals surface area (Å²) in [4.78, 5) is 14.4. The second kappa shape index (κ2) is 8.12. The fraction of sp³-hybridized carbons (Fsp3) is 0.562. The molecule has 1 atom stereocenters. The van der Waals surface area contributed by atoms with Crippen LogP contribution in [0.4, 0.5) is 0 Å². The van der Waals surface area contributed by atoms with Gasteiger partial charge in [-0.2, -0.15) is 0 Å². The number of amides is 1. The van der Waals surface area contributed by atoms with Gasteiger partial charge in [0, 0.05) is 38.3 Å². The Morgan fingerprint density at radius 2 is 2.00 bits per heavy atom. The summed E-state index contributed by atoms with van der Waals surface area (Å²) in [6, 6.07) is 7.81. The fourth-order valence-electron chi connectivity index (χ4n) is 2.38. The summed E-state index contributed by atoms with van der Waals surface area (Å²) < 4.78 is 10.4. The highest BCUT2D eigenvalue weighted by molar-refractivity contribution is 5.94. The molecule has 21 heavy (non-hydrogen) atoms. The zero-order chi connectivity index (χ0) is 15.1. The molecule has 0 aromatic heterocycles. The average Bonchev–Trinajstić information content (AvgIpc) is 2.49. The standard InChI is InChI=1S/C16H24N2O3/c1-13(12-20-2)17-16(19)15-5-3-14(4-6-15)11-18-7-9-21-10-8-18/h3-6,13H,7-12H2,1-2H3,(H,17,19)/t13-/m0/s1. The average molecular weight is 292 g/mol. The number of carbonyl (C=O) groups excluding carboxylic acids is 1. The van der Waals surface area contributed by atoms with Gasteiger partial charge in [-0.25, -0.2) is 0 Å². The van der Waals surface area contributed by atoms with E-state index in [1.807, 2.05) is 31.2 Å². The number of nitrogens with zero attached hydrogens (tertiary/aromatic N) is 1. The van der Waals surface area contributed by atoms with Crippen LogP contribution in [-0.2, 0) is 16.0 Å². The molecule has 0 spiro atoms. The van der Waals surface area contributed by atoms with Gasteiger partial charge in [-0.3, -0.25) is 9.69 Å². The lowest BCUT2D eigenvalue weighted by Gasteiger charge is -2.26. The maximum atomic E-state index is 12.0. The Morgan fingerprint density at radius 1 is 1.33 bits per heavy atom. The summed E-state index contributed by atoms with van der Waals surface area (Å²) in [5, 5.41) is 2.91. The molecule has 2 rings (SSSR count). The first kappa shape index (κ1) is 15.9. The van der Waals surface area contributed by atoms with Gasteiger partial charge < -0.3 is 14.8 Å². The maximum absolute atomic E-state index is 12.0. The van der Waals surface area contributed by atoms with Crippen LogP contribution in [0.1, 0.15) is 22.8 Å². The first-order valence-corrected chi connectivity index (χ1v) is 7.38. The van der Waals surface area contributed by atoms with Crippen molar-refractivity contribution in [1.82, 2.24) is 10.2 Å². The predicted octanol–water partition coefficient (Wildman–Crippen LogP) is 1.28. The van der Waals surface area contributed by atoms with Crippen molar-refractivity contribution >= 4 is 5.91 Å². The van der Waals surface area contributed by atoms with Crippen molar-refractivity contribution in [2.75, 3.05) is 40.0 Å². The number of ether oxygens (including phenoxy) is 2. The van der Waals surface area contributed by atoms with E-state index in [2.05, 4.69) is 10.2 Å². The summed E-state index contributed by atoms with van der Waals surface area (Å²) in [6.45, 7) is 6.89. The zero-order valence-corrected chi connectivity index (χ0v) is 12.8. The van der Waals surface area contributed by atoms with E-state index in [-0.39, 0.29) is 11.9 Å². The zero-order valence-electron chi connectivity index (χ0n) is 12.8. The maximum Gasteiger partial charge on any atom is 0.251 e. The topological polar surface area (TPSA) is 50.8 Å². The van der Waals surface area contributed by atoms with Crippen LogP contribution in [0, 0.1) is 0 Å². The molecule has 1 amide bonds. The lowest BCUT2D eigenvalue weighted by atomic mass is 10.1. The van der Waals surface area contributed by atoms with Gasteiger partial charge in [0.1, 0.15) is 0 Å². The van der Waals surface area contributed by atoms with E-state index in [4.69, 9.17) is 9.47 Å². The molecule has 1 saturated heterocycles. The molecule has 1 aliphatic rings. The minimum Gasteiger partial charge on any atom is -0.383 e. The van der Waals surface area contributed by atoms with Crippen LogP contribution in [0.2, 0.25) is 0 Å². The number of benzene rings is 1. The molecule has 1 heterocycles. The Kier molecular flexibility index (Phi) is 6.17. The number of hydrogen-bond acceptors (Lipinski definition) is 4. The monoisotopic (exact) mass is 292 g/mol. The molecular formula is C16H24N2O3. The summed E-state index contributed by atoms with van der Waals surface area (Å²) in [7, 11) is 1.63. The number of rotatable bonds is 6. The number of morpholine rings is 1. The van der Waals surface area contributed by atoms with E-state index in [1.54, 1.807) is 7.11 Å². The van der Waals surface area contributed by atoms with Gasteiger partial charge >= 0.3 is 0 Å². The van der Waals surface area contributed by atoms with Crippen molar-refractivity contribution in [2.45, 2.75) is 19.5 Å². The molecule has 0 radical (unpaired) electrons.